The summed E-state index contributed by atoms with van der Waals surface area (Å²) in [4.78, 5) is 12.0. The molecule has 0 aliphatic carbocycles. The highest BCUT2D eigenvalue weighted by Crippen LogP contribution is 2.16. The van der Waals surface area contributed by atoms with E-state index in [2.05, 4.69) is 16.5 Å². The molecular weight excluding hydrogens is 266 g/mol. The quantitative estimate of drug-likeness (QED) is 0.826. The molecule has 0 aliphatic heterocycles. The third kappa shape index (κ3) is 3.70. The molecule has 1 amide bonds. The van der Waals surface area contributed by atoms with Gasteiger partial charge in [-0.1, -0.05) is 6.07 Å². The fourth-order valence-corrected chi connectivity index (χ4v) is 2.29. The Morgan fingerprint density at radius 2 is 1.86 bits per heavy atom. The van der Waals surface area contributed by atoms with Gasteiger partial charge in [-0.15, -0.1) is 0 Å². The molecule has 2 aromatic rings. The Morgan fingerprint density at radius 1 is 1.19 bits per heavy atom. The zero-order valence-corrected chi connectivity index (χ0v) is 12.7. The van der Waals surface area contributed by atoms with Gasteiger partial charge < -0.3 is 10.4 Å². The molecule has 1 aromatic heterocycles. The molecule has 0 spiro atoms. The third-order valence-electron chi connectivity index (χ3n) is 3.19. The lowest BCUT2D eigenvalue weighted by atomic mass is 10.1. The first kappa shape index (κ1) is 15.3. The SMILES string of the molecule is Cc1cc(C)cc(-n2nc(C(=O)NCCCO)cc2C)c1. The van der Waals surface area contributed by atoms with Crippen molar-refractivity contribution in [3.63, 3.8) is 0 Å². The van der Waals surface area contributed by atoms with E-state index >= 15 is 0 Å². The molecule has 112 valence electrons. The molecule has 0 aliphatic rings. The number of carbonyl (C=O) groups is 1. The standard InChI is InChI=1S/C16H21N3O2/c1-11-7-12(2)9-14(8-11)19-13(3)10-15(18-19)16(21)17-5-4-6-20/h7-10,20H,4-6H2,1-3H3,(H,17,21). The normalized spacial score (nSPS) is 10.7. The van der Waals surface area contributed by atoms with Crippen LogP contribution in [0.25, 0.3) is 5.69 Å². The Kier molecular flexibility index (Phi) is 4.75. The van der Waals surface area contributed by atoms with Gasteiger partial charge in [-0.2, -0.15) is 5.10 Å². The highest BCUT2D eigenvalue weighted by molar-refractivity contribution is 5.92. The second kappa shape index (κ2) is 6.54. The van der Waals surface area contributed by atoms with Crippen LogP contribution < -0.4 is 5.32 Å². The predicted octanol–water partition coefficient (Wildman–Crippen LogP) is 1.91. The van der Waals surface area contributed by atoms with Crippen LogP contribution in [0.4, 0.5) is 0 Å². The molecule has 0 fully saturated rings. The summed E-state index contributed by atoms with van der Waals surface area (Å²) in [6, 6.07) is 7.96. The van der Waals surface area contributed by atoms with Crippen molar-refractivity contribution in [3.05, 3.63) is 46.8 Å². The smallest absolute Gasteiger partial charge is 0.271 e. The molecule has 0 saturated carbocycles. The van der Waals surface area contributed by atoms with E-state index in [4.69, 9.17) is 5.11 Å². The van der Waals surface area contributed by atoms with Crippen molar-refractivity contribution in [1.82, 2.24) is 15.1 Å². The van der Waals surface area contributed by atoms with Gasteiger partial charge >= 0.3 is 0 Å². The number of amides is 1. The van der Waals surface area contributed by atoms with Crippen molar-refractivity contribution in [2.75, 3.05) is 13.2 Å². The molecule has 5 heteroatoms. The lowest BCUT2D eigenvalue weighted by Crippen LogP contribution is -2.25. The van der Waals surface area contributed by atoms with Gasteiger partial charge in [0, 0.05) is 18.8 Å². The molecule has 1 aromatic carbocycles. The minimum absolute atomic E-state index is 0.0658. The van der Waals surface area contributed by atoms with E-state index in [1.807, 2.05) is 32.9 Å². The molecule has 0 atom stereocenters. The van der Waals surface area contributed by atoms with Gasteiger partial charge in [-0.3, -0.25) is 4.79 Å². The van der Waals surface area contributed by atoms with Gasteiger partial charge in [0.05, 0.1) is 5.69 Å². The predicted molar refractivity (Wildman–Crippen MR) is 81.8 cm³/mol. The number of aryl methyl sites for hydroxylation is 3. The molecule has 0 saturated heterocycles. The summed E-state index contributed by atoms with van der Waals surface area (Å²) in [5.74, 6) is -0.213. The maximum Gasteiger partial charge on any atom is 0.271 e. The number of aliphatic hydroxyl groups is 1. The molecule has 0 unspecified atom stereocenters. The Hall–Kier alpha value is -2.14. The summed E-state index contributed by atoms with van der Waals surface area (Å²) < 4.78 is 1.78. The van der Waals surface area contributed by atoms with Crippen LogP contribution in [0.1, 0.15) is 33.7 Å². The monoisotopic (exact) mass is 287 g/mol. The van der Waals surface area contributed by atoms with Crippen LogP contribution in [-0.4, -0.2) is 33.9 Å². The zero-order valence-electron chi connectivity index (χ0n) is 12.7. The summed E-state index contributed by atoms with van der Waals surface area (Å²) in [5.41, 5.74) is 4.58. The van der Waals surface area contributed by atoms with Crippen LogP contribution in [0, 0.1) is 20.8 Å². The molecule has 5 nitrogen and oxygen atoms in total. The number of nitrogens with zero attached hydrogens (tertiary/aromatic N) is 2. The van der Waals surface area contributed by atoms with Gasteiger partial charge in [-0.25, -0.2) is 4.68 Å². The summed E-state index contributed by atoms with van der Waals surface area (Å²) in [6.45, 7) is 6.52. The summed E-state index contributed by atoms with van der Waals surface area (Å²) in [6.07, 6.45) is 0.544. The van der Waals surface area contributed by atoms with Gasteiger partial charge in [0.15, 0.2) is 5.69 Å². The molecule has 1 heterocycles. The first-order valence-corrected chi connectivity index (χ1v) is 7.05. The molecular formula is C16H21N3O2. The molecule has 21 heavy (non-hydrogen) atoms. The van der Waals surface area contributed by atoms with Crippen molar-refractivity contribution in [2.24, 2.45) is 0 Å². The minimum Gasteiger partial charge on any atom is -0.396 e. The largest absolute Gasteiger partial charge is 0.396 e. The van der Waals surface area contributed by atoms with Gasteiger partial charge in [0.25, 0.3) is 5.91 Å². The van der Waals surface area contributed by atoms with E-state index in [1.165, 1.54) is 0 Å². The Balaban J connectivity index is 2.24. The lowest BCUT2D eigenvalue weighted by Gasteiger charge is -2.07. The van der Waals surface area contributed by atoms with Crippen molar-refractivity contribution in [3.8, 4) is 5.69 Å². The number of aliphatic hydroxyl groups excluding tert-OH is 1. The summed E-state index contributed by atoms with van der Waals surface area (Å²) in [5, 5.41) is 15.9. The van der Waals surface area contributed by atoms with Crippen molar-refractivity contribution < 1.29 is 9.90 Å². The fourth-order valence-electron chi connectivity index (χ4n) is 2.29. The van der Waals surface area contributed by atoms with Crippen LogP contribution in [0.2, 0.25) is 0 Å². The van der Waals surface area contributed by atoms with Crippen LogP contribution in [0.3, 0.4) is 0 Å². The maximum atomic E-state index is 12.0. The van der Waals surface area contributed by atoms with E-state index in [9.17, 15) is 4.79 Å². The zero-order chi connectivity index (χ0) is 15.4. The van der Waals surface area contributed by atoms with Crippen molar-refractivity contribution in [1.29, 1.82) is 0 Å². The van der Waals surface area contributed by atoms with E-state index in [1.54, 1.807) is 10.7 Å². The highest BCUT2D eigenvalue weighted by atomic mass is 16.3. The number of hydrogen-bond donors (Lipinski definition) is 2. The number of benzene rings is 1. The maximum absolute atomic E-state index is 12.0. The molecule has 2 N–H and O–H groups in total. The first-order chi connectivity index (χ1) is 10.0. The van der Waals surface area contributed by atoms with E-state index in [-0.39, 0.29) is 12.5 Å². The summed E-state index contributed by atoms with van der Waals surface area (Å²) >= 11 is 0. The summed E-state index contributed by atoms with van der Waals surface area (Å²) in [7, 11) is 0. The van der Waals surface area contributed by atoms with Gasteiger partial charge in [0.1, 0.15) is 0 Å². The Labute approximate surface area is 124 Å². The number of nitrogens with one attached hydrogen (secondary N) is 1. The number of aromatic nitrogens is 2. The lowest BCUT2D eigenvalue weighted by molar-refractivity contribution is 0.0945. The highest BCUT2D eigenvalue weighted by Gasteiger charge is 2.13. The van der Waals surface area contributed by atoms with Gasteiger partial charge in [0.2, 0.25) is 0 Å². The van der Waals surface area contributed by atoms with Crippen LogP contribution in [0.5, 0.6) is 0 Å². The molecule has 2 rings (SSSR count). The second-order valence-electron chi connectivity index (χ2n) is 5.26. The Morgan fingerprint density at radius 3 is 2.48 bits per heavy atom. The van der Waals surface area contributed by atoms with Crippen LogP contribution in [0.15, 0.2) is 24.3 Å². The van der Waals surface area contributed by atoms with E-state index < -0.39 is 0 Å². The first-order valence-electron chi connectivity index (χ1n) is 7.05. The number of rotatable bonds is 5. The van der Waals surface area contributed by atoms with Crippen LogP contribution >= 0.6 is 0 Å². The second-order valence-corrected chi connectivity index (χ2v) is 5.26. The topological polar surface area (TPSA) is 67.2 Å². The molecule has 0 bridgehead atoms. The van der Waals surface area contributed by atoms with E-state index in [0.717, 1.165) is 22.5 Å². The fraction of sp³-hybridized carbons (Fsp3) is 0.375. The van der Waals surface area contributed by atoms with Gasteiger partial charge in [-0.05, 0) is 56.5 Å². The van der Waals surface area contributed by atoms with Crippen molar-refractivity contribution in [2.45, 2.75) is 27.2 Å². The van der Waals surface area contributed by atoms with Crippen molar-refractivity contribution >= 4 is 5.91 Å². The third-order valence-corrected chi connectivity index (χ3v) is 3.19. The average molecular weight is 287 g/mol. The number of carbonyl (C=O) groups excluding carboxylic acids is 1. The van der Waals surface area contributed by atoms with E-state index in [0.29, 0.717) is 18.7 Å². The van der Waals surface area contributed by atoms with Crippen LogP contribution in [-0.2, 0) is 0 Å². The Bertz CT molecular complexity index is 627. The average Bonchev–Trinajstić information content (AvgIpc) is 2.80. The minimum atomic E-state index is -0.213. The number of hydrogen-bond acceptors (Lipinski definition) is 3. The molecule has 0 radical (unpaired) electrons.